The van der Waals surface area contributed by atoms with Crippen LogP contribution in [0.15, 0.2) is 30.2 Å². The van der Waals surface area contributed by atoms with Gasteiger partial charge in [-0.3, -0.25) is 0 Å². The van der Waals surface area contributed by atoms with Crippen molar-refractivity contribution in [2.45, 2.75) is 0 Å². The predicted molar refractivity (Wildman–Crippen MR) is 31.8 cm³/mol. The first-order chi connectivity index (χ1) is 5.46. The number of hydrogen-bond acceptors (Lipinski definition) is 0. The fourth-order valence-electron chi connectivity index (χ4n) is 0.260. The standard InChI is InChI=1S/C6H5B/c7-6-4-2-1-3-5-6/h1-5H/i1D,2D,3D,4D,5D. The van der Waals surface area contributed by atoms with Crippen LogP contribution in [0, 0.1) is 0 Å². The zero-order valence-corrected chi connectivity index (χ0v) is 3.58. The first kappa shape index (κ1) is 1.38. The van der Waals surface area contributed by atoms with Crippen LogP contribution in [0.25, 0.3) is 0 Å². The fraction of sp³-hybridized carbons (Fsp3) is 0. The summed E-state index contributed by atoms with van der Waals surface area (Å²) >= 11 is 0. The molecule has 1 aromatic carbocycles. The third-order valence-electron chi connectivity index (χ3n) is 0.519. The van der Waals surface area contributed by atoms with Crippen molar-refractivity contribution in [3.63, 3.8) is 0 Å². The molecule has 0 atom stereocenters. The van der Waals surface area contributed by atoms with Crippen LogP contribution in [-0.4, -0.2) is 7.85 Å². The zero-order valence-electron chi connectivity index (χ0n) is 8.58. The van der Waals surface area contributed by atoms with Crippen LogP contribution in [0.1, 0.15) is 6.85 Å². The summed E-state index contributed by atoms with van der Waals surface area (Å²) in [6.07, 6.45) is 0. The molecule has 1 heteroatoms. The Kier molecular flexibility index (Phi) is 0.360. The Morgan fingerprint density at radius 3 is 2.43 bits per heavy atom. The SMILES string of the molecule is [2H]c1c([2H])c([2H])c([B])c([2H])c1[2H]. The van der Waals surface area contributed by atoms with E-state index in [1.165, 1.54) is 0 Å². The van der Waals surface area contributed by atoms with E-state index >= 15 is 0 Å². The smallest absolute Gasteiger partial charge is 0.0967 e. The van der Waals surface area contributed by atoms with Gasteiger partial charge in [0.25, 0.3) is 0 Å². The largest absolute Gasteiger partial charge is 0.113 e. The van der Waals surface area contributed by atoms with Crippen molar-refractivity contribution in [3.8, 4) is 0 Å². The lowest BCUT2D eigenvalue weighted by molar-refractivity contribution is 1.78. The minimum Gasteiger partial charge on any atom is -0.0967 e. The van der Waals surface area contributed by atoms with E-state index in [1.807, 2.05) is 0 Å². The highest BCUT2D eigenvalue weighted by Gasteiger charge is 1.71. The van der Waals surface area contributed by atoms with Gasteiger partial charge in [-0.2, -0.15) is 0 Å². The maximum Gasteiger partial charge on any atom is 0.113 e. The summed E-state index contributed by atoms with van der Waals surface area (Å²) in [4.78, 5) is 0. The Bertz CT molecular complexity index is 230. The van der Waals surface area contributed by atoms with Gasteiger partial charge in [0.1, 0.15) is 7.85 Å². The summed E-state index contributed by atoms with van der Waals surface area (Å²) < 4.78 is 35.9. The third kappa shape index (κ3) is 1.07. The van der Waals surface area contributed by atoms with E-state index < -0.39 is 18.1 Å². The molecule has 0 aliphatic heterocycles. The number of rotatable bonds is 0. The molecule has 0 saturated heterocycles. The Morgan fingerprint density at radius 2 is 1.86 bits per heavy atom. The summed E-state index contributed by atoms with van der Waals surface area (Å²) in [7, 11) is 5.25. The second-order valence-corrected chi connectivity index (χ2v) is 1.04. The molecule has 1 rings (SSSR count). The molecule has 0 nitrogen and oxygen atoms in total. The minimum atomic E-state index is -0.417. The van der Waals surface area contributed by atoms with Crippen molar-refractivity contribution in [2.24, 2.45) is 0 Å². The van der Waals surface area contributed by atoms with Gasteiger partial charge >= 0.3 is 0 Å². The first-order valence-corrected chi connectivity index (χ1v) is 1.79. The maximum absolute atomic E-state index is 7.19. The van der Waals surface area contributed by atoms with Gasteiger partial charge in [-0.05, 0) is 0 Å². The molecule has 32 valence electrons. The highest BCUT2D eigenvalue weighted by Crippen LogP contribution is 1.76. The van der Waals surface area contributed by atoms with Gasteiger partial charge in [-0.1, -0.05) is 35.7 Å². The van der Waals surface area contributed by atoms with E-state index in [-0.39, 0.29) is 17.5 Å². The average Bonchev–Trinajstić information content (AvgIpc) is 2.08. The van der Waals surface area contributed by atoms with Crippen molar-refractivity contribution in [1.29, 1.82) is 0 Å². The Labute approximate surface area is 51.6 Å². The van der Waals surface area contributed by atoms with Gasteiger partial charge < -0.3 is 0 Å². The molecule has 7 heavy (non-hydrogen) atoms. The molecule has 0 aliphatic carbocycles. The molecule has 0 amide bonds. The Morgan fingerprint density at radius 1 is 1.29 bits per heavy atom. The molecule has 0 aromatic heterocycles. The van der Waals surface area contributed by atoms with Crippen molar-refractivity contribution >= 4 is 13.3 Å². The van der Waals surface area contributed by atoms with Crippen LogP contribution >= 0.6 is 0 Å². The van der Waals surface area contributed by atoms with Crippen molar-refractivity contribution in [2.75, 3.05) is 0 Å². The number of hydrogen-bond donors (Lipinski definition) is 0. The quantitative estimate of drug-likeness (QED) is 0.409. The summed E-state index contributed by atoms with van der Waals surface area (Å²) in [5.41, 5.74) is -0.207. The molecule has 0 heterocycles. The van der Waals surface area contributed by atoms with Crippen molar-refractivity contribution in [3.05, 3.63) is 30.2 Å². The van der Waals surface area contributed by atoms with Gasteiger partial charge in [-0.25, -0.2) is 0 Å². The highest BCUT2D eigenvalue weighted by atomic mass is 13.7. The van der Waals surface area contributed by atoms with E-state index in [9.17, 15) is 0 Å². The minimum absolute atomic E-state index is 0.207. The predicted octanol–water partition coefficient (Wildman–Crippen LogP) is 0.480. The zero-order chi connectivity index (χ0) is 9.46. The summed E-state index contributed by atoms with van der Waals surface area (Å²) in [5.74, 6) is 0. The Balaban J connectivity index is 3.60. The van der Waals surface area contributed by atoms with E-state index in [0.717, 1.165) is 0 Å². The van der Waals surface area contributed by atoms with Gasteiger partial charge in [0.05, 0.1) is 6.85 Å². The van der Waals surface area contributed by atoms with Gasteiger partial charge in [0.15, 0.2) is 0 Å². The average molecular weight is 92.9 g/mol. The molecule has 1 aromatic rings. The van der Waals surface area contributed by atoms with Gasteiger partial charge in [0.2, 0.25) is 0 Å². The fourth-order valence-corrected chi connectivity index (χ4v) is 0.260. The van der Waals surface area contributed by atoms with Crippen LogP contribution in [0.5, 0.6) is 0 Å². The van der Waals surface area contributed by atoms with Crippen LogP contribution in [-0.2, 0) is 0 Å². The normalized spacial score (nSPS) is 18.6. The van der Waals surface area contributed by atoms with E-state index in [4.69, 9.17) is 14.7 Å². The molecule has 2 radical (unpaired) electrons. The lowest BCUT2D eigenvalue weighted by Crippen LogP contribution is -1.97. The molecular formula is C6H5B. The molecule has 0 saturated carbocycles. The van der Waals surface area contributed by atoms with Crippen molar-refractivity contribution in [1.82, 2.24) is 0 Å². The lowest BCUT2D eigenvalue weighted by atomic mass is 9.97. The highest BCUT2D eigenvalue weighted by molar-refractivity contribution is 6.32. The van der Waals surface area contributed by atoms with E-state index in [2.05, 4.69) is 0 Å². The van der Waals surface area contributed by atoms with Crippen LogP contribution in [0.4, 0.5) is 0 Å². The van der Waals surface area contributed by atoms with Crippen LogP contribution in [0.2, 0.25) is 0 Å². The molecule has 0 N–H and O–H groups in total. The molecule has 0 spiro atoms. The van der Waals surface area contributed by atoms with Gasteiger partial charge in [0, 0.05) is 0 Å². The second kappa shape index (κ2) is 1.83. The monoisotopic (exact) mass is 93.1 g/mol. The topological polar surface area (TPSA) is 0 Å². The van der Waals surface area contributed by atoms with E-state index in [1.54, 1.807) is 0 Å². The Hall–Kier alpha value is -0.715. The van der Waals surface area contributed by atoms with Crippen LogP contribution in [0.3, 0.4) is 0 Å². The molecule has 0 fully saturated rings. The lowest BCUT2D eigenvalue weighted by Gasteiger charge is -1.83. The summed E-state index contributed by atoms with van der Waals surface area (Å²) in [6.45, 7) is 0. The van der Waals surface area contributed by atoms with Gasteiger partial charge in [-0.15, -0.1) is 0 Å². The molecule has 0 unspecified atom stereocenters. The van der Waals surface area contributed by atoms with Crippen LogP contribution < -0.4 is 5.46 Å². The van der Waals surface area contributed by atoms with E-state index in [0.29, 0.717) is 0 Å². The number of benzene rings is 1. The second-order valence-electron chi connectivity index (χ2n) is 1.04. The molecular weight excluding hydrogens is 82.9 g/mol. The summed E-state index contributed by atoms with van der Waals surface area (Å²) in [6, 6.07) is -1.90. The third-order valence-corrected chi connectivity index (χ3v) is 0.519. The van der Waals surface area contributed by atoms with Crippen molar-refractivity contribution < 1.29 is 6.85 Å². The summed E-state index contributed by atoms with van der Waals surface area (Å²) in [5, 5.41) is 0. The first-order valence-electron chi connectivity index (χ1n) is 4.29. The maximum atomic E-state index is 7.19. The molecule has 0 aliphatic rings. The molecule has 0 bridgehead atoms.